The van der Waals surface area contributed by atoms with Gasteiger partial charge in [-0.05, 0) is 37.4 Å². The number of nitrogens with one attached hydrogen (secondary N) is 1. The number of rotatable bonds is 5. The molecule has 0 aromatic heterocycles. The van der Waals surface area contributed by atoms with Crippen LogP contribution in [0.25, 0.3) is 0 Å². The second kappa shape index (κ2) is 7.77. The summed E-state index contributed by atoms with van der Waals surface area (Å²) in [7, 11) is 0. The Morgan fingerprint density at radius 3 is 2.67 bits per heavy atom. The molecular weight excluding hydrogens is 266 g/mol. The van der Waals surface area contributed by atoms with E-state index in [4.69, 9.17) is 5.26 Å². The van der Waals surface area contributed by atoms with Crippen LogP contribution >= 0.6 is 0 Å². The van der Waals surface area contributed by atoms with Crippen molar-refractivity contribution in [2.24, 2.45) is 5.92 Å². The fourth-order valence-electron chi connectivity index (χ4n) is 2.75. The number of amides is 1. The van der Waals surface area contributed by atoms with E-state index in [1.54, 1.807) is 0 Å². The van der Waals surface area contributed by atoms with E-state index >= 15 is 0 Å². The topological polar surface area (TPSA) is 76.4 Å². The number of likely N-dealkylation sites (tertiary alicyclic amines) is 1. The summed E-state index contributed by atoms with van der Waals surface area (Å²) in [6, 6.07) is 11.6. The van der Waals surface area contributed by atoms with Crippen LogP contribution in [0.1, 0.15) is 24.5 Å². The Balaban J connectivity index is 1.78. The molecule has 0 spiro atoms. The molecule has 1 fully saturated rings. The van der Waals surface area contributed by atoms with Crippen molar-refractivity contribution in [1.82, 2.24) is 10.2 Å². The molecule has 0 aliphatic carbocycles. The van der Waals surface area contributed by atoms with Crippen LogP contribution in [0.4, 0.5) is 0 Å². The van der Waals surface area contributed by atoms with E-state index in [9.17, 15) is 9.90 Å². The maximum Gasteiger partial charge on any atom is 0.235 e. The van der Waals surface area contributed by atoms with Gasteiger partial charge in [0.25, 0.3) is 0 Å². The number of piperidine rings is 1. The maximum atomic E-state index is 11.6. The second-order valence-corrected chi connectivity index (χ2v) is 5.40. The van der Waals surface area contributed by atoms with Gasteiger partial charge >= 0.3 is 0 Å². The van der Waals surface area contributed by atoms with E-state index in [0.717, 1.165) is 31.5 Å². The van der Waals surface area contributed by atoms with Gasteiger partial charge in [0.05, 0.1) is 18.7 Å². The maximum absolute atomic E-state index is 11.6. The van der Waals surface area contributed by atoms with Crippen molar-refractivity contribution in [1.29, 1.82) is 5.26 Å². The van der Waals surface area contributed by atoms with E-state index in [-0.39, 0.29) is 18.4 Å². The Morgan fingerprint density at radius 1 is 1.38 bits per heavy atom. The van der Waals surface area contributed by atoms with Gasteiger partial charge in [0.2, 0.25) is 5.91 Å². The lowest BCUT2D eigenvalue weighted by Crippen LogP contribution is -2.42. The lowest BCUT2D eigenvalue weighted by atomic mass is 9.87. The van der Waals surface area contributed by atoms with Gasteiger partial charge in [0.1, 0.15) is 6.54 Å². The van der Waals surface area contributed by atoms with Crippen molar-refractivity contribution in [3.63, 3.8) is 0 Å². The summed E-state index contributed by atoms with van der Waals surface area (Å²) in [5, 5.41) is 21.4. The Hall–Kier alpha value is -1.90. The monoisotopic (exact) mass is 287 g/mol. The number of hydrogen-bond donors (Lipinski definition) is 2. The van der Waals surface area contributed by atoms with Crippen LogP contribution in [0.15, 0.2) is 30.3 Å². The number of nitriles is 1. The van der Waals surface area contributed by atoms with Gasteiger partial charge in [-0.2, -0.15) is 5.26 Å². The van der Waals surface area contributed by atoms with Crippen LogP contribution in [0, 0.1) is 17.2 Å². The molecule has 112 valence electrons. The molecule has 0 radical (unpaired) electrons. The number of aliphatic hydroxyl groups is 1. The average Bonchev–Trinajstić information content (AvgIpc) is 2.54. The van der Waals surface area contributed by atoms with Crippen molar-refractivity contribution in [2.45, 2.75) is 18.9 Å². The molecule has 5 nitrogen and oxygen atoms in total. The molecule has 1 unspecified atom stereocenters. The minimum atomic E-state index is -0.430. The lowest BCUT2D eigenvalue weighted by molar-refractivity contribution is -0.122. The average molecular weight is 287 g/mol. The van der Waals surface area contributed by atoms with Crippen LogP contribution < -0.4 is 5.32 Å². The molecule has 5 heteroatoms. The molecule has 1 aliphatic heterocycles. The van der Waals surface area contributed by atoms with Gasteiger partial charge in [-0.1, -0.05) is 30.3 Å². The highest BCUT2D eigenvalue weighted by Gasteiger charge is 2.26. The number of hydrogen-bond acceptors (Lipinski definition) is 4. The minimum absolute atomic E-state index is 0.0576. The summed E-state index contributed by atoms with van der Waals surface area (Å²) in [6.07, 6.45) is 1.32. The predicted octanol–water partition coefficient (Wildman–Crippen LogP) is 1.07. The highest BCUT2D eigenvalue weighted by atomic mass is 16.3. The SMILES string of the molecule is N#CCNC(=O)CN1CCC(C(O)c2ccccc2)CC1. The largest absolute Gasteiger partial charge is 0.388 e. The third-order valence-electron chi connectivity index (χ3n) is 3.95. The first-order chi connectivity index (χ1) is 10.2. The van der Waals surface area contributed by atoms with E-state index in [1.165, 1.54) is 0 Å². The van der Waals surface area contributed by atoms with Crippen LogP contribution in [-0.2, 0) is 4.79 Å². The quantitative estimate of drug-likeness (QED) is 0.794. The van der Waals surface area contributed by atoms with Gasteiger partial charge in [0, 0.05) is 0 Å². The van der Waals surface area contributed by atoms with Crippen LogP contribution in [0.2, 0.25) is 0 Å². The first-order valence-electron chi connectivity index (χ1n) is 7.29. The van der Waals surface area contributed by atoms with Crippen LogP contribution in [0.3, 0.4) is 0 Å². The fraction of sp³-hybridized carbons (Fsp3) is 0.500. The van der Waals surface area contributed by atoms with E-state index in [1.807, 2.05) is 36.4 Å². The molecule has 0 saturated carbocycles. The fourth-order valence-corrected chi connectivity index (χ4v) is 2.75. The van der Waals surface area contributed by atoms with Crippen LogP contribution in [0.5, 0.6) is 0 Å². The van der Waals surface area contributed by atoms with Gasteiger partial charge in [-0.15, -0.1) is 0 Å². The molecule has 1 amide bonds. The smallest absolute Gasteiger partial charge is 0.235 e. The molecule has 1 aliphatic rings. The van der Waals surface area contributed by atoms with E-state index < -0.39 is 6.10 Å². The van der Waals surface area contributed by atoms with Crippen molar-refractivity contribution >= 4 is 5.91 Å². The van der Waals surface area contributed by atoms with Crippen molar-refractivity contribution < 1.29 is 9.90 Å². The first kappa shape index (κ1) is 15.5. The van der Waals surface area contributed by atoms with Crippen LogP contribution in [-0.4, -0.2) is 42.1 Å². The number of nitrogens with zero attached hydrogens (tertiary/aromatic N) is 2. The molecule has 2 rings (SSSR count). The van der Waals surface area contributed by atoms with Gasteiger partial charge in [-0.25, -0.2) is 0 Å². The van der Waals surface area contributed by atoms with Crippen molar-refractivity contribution in [3.05, 3.63) is 35.9 Å². The summed E-state index contributed by atoms with van der Waals surface area (Å²) in [5.41, 5.74) is 0.961. The summed E-state index contributed by atoms with van der Waals surface area (Å²) in [5.74, 6) is 0.129. The lowest BCUT2D eigenvalue weighted by Gasteiger charge is -2.33. The minimum Gasteiger partial charge on any atom is -0.388 e. The van der Waals surface area contributed by atoms with E-state index in [2.05, 4.69) is 10.2 Å². The zero-order chi connectivity index (χ0) is 15.1. The highest BCUT2D eigenvalue weighted by Crippen LogP contribution is 2.30. The summed E-state index contributed by atoms with van der Waals surface area (Å²) < 4.78 is 0. The van der Waals surface area contributed by atoms with E-state index in [0.29, 0.717) is 6.54 Å². The van der Waals surface area contributed by atoms with Crippen molar-refractivity contribution in [3.8, 4) is 6.07 Å². The Bertz CT molecular complexity index is 490. The highest BCUT2D eigenvalue weighted by molar-refractivity contribution is 5.78. The van der Waals surface area contributed by atoms with Gasteiger partial charge in [0.15, 0.2) is 0 Å². The predicted molar refractivity (Wildman–Crippen MR) is 79.2 cm³/mol. The van der Waals surface area contributed by atoms with Gasteiger partial charge < -0.3 is 10.4 Å². The normalized spacial score (nSPS) is 17.9. The van der Waals surface area contributed by atoms with Gasteiger partial charge in [-0.3, -0.25) is 9.69 Å². The molecule has 1 aromatic carbocycles. The Labute approximate surface area is 125 Å². The second-order valence-electron chi connectivity index (χ2n) is 5.40. The Morgan fingerprint density at radius 2 is 2.05 bits per heavy atom. The molecule has 21 heavy (non-hydrogen) atoms. The first-order valence-corrected chi connectivity index (χ1v) is 7.29. The summed E-state index contributed by atoms with van der Waals surface area (Å²) in [6.45, 7) is 1.99. The number of aliphatic hydroxyl groups excluding tert-OH is 1. The molecule has 1 heterocycles. The molecule has 1 aromatic rings. The third-order valence-corrected chi connectivity index (χ3v) is 3.95. The molecule has 1 saturated heterocycles. The molecular formula is C16H21N3O2. The summed E-state index contributed by atoms with van der Waals surface area (Å²) in [4.78, 5) is 13.6. The third kappa shape index (κ3) is 4.55. The molecule has 0 bridgehead atoms. The zero-order valence-electron chi connectivity index (χ0n) is 12.0. The van der Waals surface area contributed by atoms with Crippen molar-refractivity contribution in [2.75, 3.05) is 26.2 Å². The number of carbonyl (C=O) groups excluding carboxylic acids is 1. The number of carbonyl (C=O) groups is 1. The number of benzene rings is 1. The summed E-state index contributed by atoms with van der Waals surface area (Å²) >= 11 is 0. The molecule has 2 N–H and O–H groups in total. The standard InChI is InChI=1S/C16H21N3O2/c17-8-9-18-15(20)12-19-10-6-14(7-11-19)16(21)13-4-2-1-3-5-13/h1-5,14,16,21H,6-7,9-12H2,(H,18,20). The zero-order valence-corrected chi connectivity index (χ0v) is 12.0. The Kier molecular flexibility index (Phi) is 5.73. The molecule has 1 atom stereocenters.